The van der Waals surface area contributed by atoms with Crippen molar-refractivity contribution in [3.8, 4) is 0 Å². The van der Waals surface area contributed by atoms with Crippen LogP contribution < -0.4 is 5.73 Å². The maximum Gasteiger partial charge on any atom is 0.0298 e. The molecule has 1 atom stereocenters. The molecular formula is C20H25N. The molecule has 1 saturated carbocycles. The summed E-state index contributed by atoms with van der Waals surface area (Å²) >= 11 is 0. The summed E-state index contributed by atoms with van der Waals surface area (Å²) in [6.07, 6.45) is 6.16. The summed E-state index contributed by atoms with van der Waals surface area (Å²) in [4.78, 5) is 0. The summed E-state index contributed by atoms with van der Waals surface area (Å²) in [6.45, 7) is 2.12. The number of aryl methyl sites for hydroxylation is 2. The number of nitrogens with two attached hydrogens (primary N) is 1. The Hall–Kier alpha value is -1.60. The van der Waals surface area contributed by atoms with Crippen molar-refractivity contribution in [3.05, 3.63) is 70.8 Å². The summed E-state index contributed by atoms with van der Waals surface area (Å²) in [5.41, 5.74) is 11.8. The molecule has 2 N–H and O–H groups in total. The van der Waals surface area contributed by atoms with Gasteiger partial charge in [0, 0.05) is 6.04 Å². The van der Waals surface area contributed by atoms with E-state index in [0.29, 0.717) is 0 Å². The molecule has 2 aromatic rings. The highest BCUT2D eigenvalue weighted by Gasteiger charge is 2.19. The Morgan fingerprint density at radius 2 is 1.67 bits per heavy atom. The molecule has 1 unspecified atom stereocenters. The Kier molecular flexibility index (Phi) is 4.40. The maximum absolute atomic E-state index is 6.35. The Bertz CT molecular complexity index is 564. The number of rotatable bonds is 5. The molecule has 1 fully saturated rings. The molecule has 0 radical (unpaired) electrons. The molecule has 110 valence electrons. The highest BCUT2D eigenvalue weighted by atomic mass is 14.6. The van der Waals surface area contributed by atoms with Crippen molar-refractivity contribution in [2.75, 3.05) is 0 Å². The maximum atomic E-state index is 6.35. The molecule has 1 aliphatic carbocycles. The number of hydrogen-bond acceptors (Lipinski definition) is 1. The molecule has 2 aromatic carbocycles. The summed E-state index contributed by atoms with van der Waals surface area (Å²) in [6, 6.07) is 17.9. The third kappa shape index (κ3) is 3.54. The van der Waals surface area contributed by atoms with Crippen LogP contribution in [0.3, 0.4) is 0 Å². The van der Waals surface area contributed by atoms with Crippen molar-refractivity contribution in [1.82, 2.24) is 0 Å². The first-order valence-electron chi connectivity index (χ1n) is 8.13. The van der Waals surface area contributed by atoms with Crippen LogP contribution in [0.15, 0.2) is 48.5 Å². The van der Waals surface area contributed by atoms with Gasteiger partial charge in [-0.15, -0.1) is 0 Å². The van der Waals surface area contributed by atoms with Crippen LogP contribution in [-0.2, 0) is 6.42 Å². The third-order valence-electron chi connectivity index (χ3n) is 4.81. The summed E-state index contributed by atoms with van der Waals surface area (Å²) in [5, 5.41) is 0. The molecule has 0 aliphatic heterocycles. The lowest BCUT2D eigenvalue weighted by Gasteiger charge is -2.26. The van der Waals surface area contributed by atoms with Gasteiger partial charge in [0.05, 0.1) is 0 Å². The average molecular weight is 279 g/mol. The van der Waals surface area contributed by atoms with Crippen molar-refractivity contribution < 1.29 is 0 Å². The normalized spacial score (nSPS) is 16.5. The predicted octanol–water partition coefficient (Wildman–Crippen LogP) is 4.90. The fourth-order valence-corrected chi connectivity index (χ4v) is 3.00. The van der Waals surface area contributed by atoms with Crippen molar-refractivity contribution in [1.29, 1.82) is 0 Å². The van der Waals surface area contributed by atoms with Gasteiger partial charge in [-0.05, 0) is 55.2 Å². The lowest BCUT2D eigenvalue weighted by molar-refractivity contribution is 0.419. The van der Waals surface area contributed by atoms with Gasteiger partial charge in [-0.25, -0.2) is 0 Å². The molecule has 1 aliphatic rings. The van der Waals surface area contributed by atoms with Gasteiger partial charge in [-0.3, -0.25) is 0 Å². The van der Waals surface area contributed by atoms with E-state index < -0.39 is 0 Å². The van der Waals surface area contributed by atoms with E-state index in [2.05, 4.69) is 55.5 Å². The quantitative estimate of drug-likeness (QED) is 0.828. The van der Waals surface area contributed by atoms with Gasteiger partial charge < -0.3 is 5.73 Å². The largest absolute Gasteiger partial charge is 0.324 e. The van der Waals surface area contributed by atoms with E-state index in [9.17, 15) is 0 Å². The summed E-state index contributed by atoms with van der Waals surface area (Å²) < 4.78 is 0. The second-order valence-corrected chi connectivity index (χ2v) is 6.43. The van der Waals surface area contributed by atoms with Crippen molar-refractivity contribution >= 4 is 0 Å². The van der Waals surface area contributed by atoms with E-state index in [4.69, 9.17) is 5.73 Å². The molecule has 0 aromatic heterocycles. The molecule has 1 nitrogen and oxygen atoms in total. The van der Waals surface area contributed by atoms with Crippen LogP contribution in [-0.4, -0.2) is 0 Å². The zero-order valence-electron chi connectivity index (χ0n) is 12.9. The monoisotopic (exact) mass is 279 g/mol. The molecule has 0 spiro atoms. The standard InChI is InChI=1S/C20H25N/c1-15-5-7-16(8-6-15)9-14-20(21)19-12-10-18(11-13-19)17-3-2-4-17/h5-8,10-13,17,20H,2-4,9,14,21H2,1H3. The van der Waals surface area contributed by atoms with Crippen LogP contribution in [0, 0.1) is 6.92 Å². The second-order valence-electron chi connectivity index (χ2n) is 6.43. The van der Waals surface area contributed by atoms with E-state index in [-0.39, 0.29) is 6.04 Å². The Morgan fingerprint density at radius 1 is 1.00 bits per heavy atom. The predicted molar refractivity (Wildman–Crippen MR) is 89.5 cm³/mol. The van der Waals surface area contributed by atoms with E-state index >= 15 is 0 Å². The van der Waals surface area contributed by atoms with Gasteiger partial charge in [0.15, 0.2) is 0 Å². The van der Waals surface area contributed by atoms with Crippen LogP contribution in [0.5, 0.6) is 0 Å². The summed E-state index contributed by atoms with van der Waals surface area (Å²) in [5.74, 6) is 0.808. The van der Waals surface area contributed by atoms with Gasteiger partial charge in [0.25, 0.3) is 0 Å². The van der Waals surface area contributed by atoms with Crippen molar-refractivity contribution in [3.63, 3.8) is 0 Å². The van der Waals surface area contributed by atoms with Gasteiger partial charge in [0.2, 0.25) is 0 Å². The molecule has 1 heteroatoms. The van der Waals surface area contributed by atoms with Gasteiger partial charge >= 0.3 is 0 Å². The van der Waals surface area contributed by atoms with Gasteiger partial charge in [0.1, 0.15) is 0 Å². The molecular weight excluding hydrogens is 254 g/mol. The van der Waals surface area contributed by atoms with E-state index in [1.165, 1.54) is 41.5 Å². The molecule has 0 bridgehead atoms. The van der Waals surface area contributed by atoms with E-state index in [0.717, 1.165) is 18.8 Å². The number of benzene rings is 2. The first-order valence-corrected chi connectivity index (χ1v) is 8.13. The number of hydrogen-bond donors (Lipinski definition) is 1. The lowest BCUT2D eigenvalue weighted by Crippen LogP contribution is -2.12. The zero-order chi connectivity index (χ0) is 14.7. The Labute approximate surface area is 128 Å². The fraction of sp³-hybridized carbons (Fsp3) is 0.400. The Balaban J connectivity index is 1.56. The molecule has 0 amide bonds. The second kappa shape index (κ2) is 6.44. The SMILES string of the molecule is Cc1ccc(CCC(N)c2ccc(C3CCC3)cc2)cc1. The van der Waals surface area contributed by atoms with E-state index in [1.54, 1.807) is 0 Å². The highest BCUT2D eigenvalue weighted by Crippen LogP contribution is 2.36. The van der Waals surface area contributed by atoms with Crippen molar-refractivity contribution in [2.24, 2.45) is 5.73 Å². The van der Waals surface area contributed by atoms with Gasteiger partial charge in [-0.1, -0.05) is 60.5 Å². The third-order valence-corrected chi connectivity index (χ3v) is 4.81. The first kappa shape index (κ1) is 14.3. The molecule has 3 rings (SSSR count). The minimum atomic E-state index is 0.141. The lowest BCUT2D eigenvalue weighted by atomic mass is 9.80. The van der Waals surface area contributed by atoms with Crippen LogP contribution in [0.1, 0.15) is 59.9 Å². The minimum Gasteiger partial charge on any atom is -0.324 e. The van der Waals surface area contributed by atoms with Crippen LogP contribution >= 0.6 is 0 Å². The first-order chi connectivity index (χ1) is 10.2. The van der Waals surface area contributed by atoms with Gasteiger partial charge in [-0.2, -0.15) is 0 Å². The topological polar surface area (TPSA) is 26.0 Å². The highest BCUT2D eigenvalue weighted by molar-refractivity contribution is 5.29. The Morgan fingerprint density at radius 3 is 2.24 bits per heavy atom. The zero-order valence-corrected chi connectivity index (χ0v) is 12.9. The fourth-order valence-electron chi connectivity index (χ4n) is 3.00. The van der Waals surface area contributed by atoms with Crippen LogP contribution in [0.2, 0.25) is 0 Å². The summed E-state index contributed by atoms with van der Waals surface area (Å²) in [7, 11) is 0. The average Bonchev–Trinajstić information content (AvgIpc) is 2.45. The molecule has 0 heterocycles. The van der Waals surface area contributed by atoms with E-state index in [1.807, 2.05) is 0 Å². The molecule has 0 saturated heterocycles. The van der Waals surface area contributed by atoms with Crippen LogP contribution in [0.25, 0.3) is 0 Å². The van der Waals surface area contributed by atoms with Crippen molar-refractivity contribution in [2.45, 2.75) is 51.0 Å². The smallest absolute Gasteiger partial charge is 0.0298 e. The van der Waals surface area contributed by atoms with Crippen LogP contribution in [0.4, 0.5) is 0 Å². The minimum absolute atomic E-state index is 0.141. The molecule has 21 heavy (non-hydrogen) atoms.